The Bertz CT molecular complexity index is 794. The van der Waals surface area contributed by atoms with Crippen LogP contribution in [-0.4, -0.2) is 48.8 Å². The van der Waals surface area contributed by atoms with Crippen LogP contribution in [0.15, 0.2) is 24.5 Å². The highest BCUT2D eigenvalue weighted by atomic mass is 16.7. The molecule has 1 fully saturated rings. The van der Waals surface area contributed by atoms with Crippen LogP contribution in [0.25, 0.3) is 0 Å². The first-order valence-corrected chi connectivity index (χ1v) is 9.72. The average molecular weight is 423 g/mol. The van der Waals surface area contributed by atoms with Crippen molar-refractivity contribution >= 4 is 23.9 Å². The minimum Gasteiger partial charge on any atom is -0.545 e. The van der Waals surface area contributed by atoms with Crippen LogP contribution in [0.5, 0.6) is 0 Å². The van der Waals surface area contributed by atoms with Gasteiger partial charge in [-0.05, 0) is 6.07 Å². The zero-order valence-electron chi connectivity index (χ0n) is 17.1. The van der Waals surface area contributed by atoms with E-state index < -0.39 is 48.4 Å². The zero-order valence-corrected chi connectivity index (χ0v) is 17.1. The number of carbonyl (C=O) groups is 4. The first-order chi connectivity index (χ1) is 14.3. The van der Waals surface area contributed by atoms with Crippen LogP contribution in [-0.2, 0) is 33.3 Å². The quantitative estimate of drug-likeness (QED) is 0.302. The second-order valence-electron chi connectivity index (χ2n) is 6.55. The number of ether oxygens (including phenoxy) is 4. The first kappa shape index (κ1) is 23.3. The lowest BCUT2D eigenvalue weighted by molar-refractivity contribution is -0.765. The van der Waals surface area contributed by atoms with Gasteiger partial charge in [0.2, 0.25) is 6.10 Å². The van der Waals surface area contributed by atoms with Crippen LogP contribution in [0.3, 0.4) is 0 Å². The molecule has 2 heterocycles. The van der Waals surface area contributed by atoms with Gasteiger partial charge in [-0.2, -0.15) is 4.57 Å². The van der Waals surface area contributed by atoms with E-state index in [-0.39, 0.29) is 31.4 Å². The number of hydrogen-bond donors (Lipinski definition) is 0. The Kier molecular flexibility index (Phi) is 8.28. The van der Waals surface area contributed by atoms with Crippen LogP contribution < -0.4 is 9.67 Å². The monoisotopic (exact) mass is 423 g/mol. The molecule has 0 spiro atoms. The molecular formula is C20H25NO9. The number of aromatic nitrogens is 1. The topological polar surface area (TPSA) is 132 Å². The third kappa shape index (κ3) is 5.76. The Morgan fingerprint density at radius 2 is 1.60 bits per heavy atom. The molecule has 1 saturated heterocycles. The maximum absolute atomic E-state index is 12.0. The summed E-state index contributed by atoms with van der Waals surface area (Å²) in [5.74, 6) is -2.99. The van der Waals surface area contributed by atoms with Gasteiger partial charge in [-0.1, -0.05) is 20.8 Å². The van der Waals surface area contributed by atoms with E-state index in [0.29, 0.717) is 0 Å². The summed E-state index contributed by atoms with van der Waals surface area (Å²) in [6, 6.07) is 2.80. The van der Waals surface area contributed by atoms with Gasteiger partial charge in [0.25, 0.3) is 0 Å². The van der Waals surface area contributed by atoms with Crippen molar-refractivity contribution in [2.75, 3.05) is 6.61 Å². The molecule has 0 unspecified atom stereocenters. The Morgan fingerprint density at radius 3 is 2.17 bits per heavy atom. The van der Waals surface area contributed by atoms with Gasteiger partial charge in [-0.25, -0.2) is 0 Å². The molecule has 0 amide bonds. The van der Waals surface area contributed by atoms with Crippen LogP contribution in [0, 0.1) is 0 Å². The lowest BCUT2D eigenvalue weighted by Gasteiger charge is -2.22. The Hall–Kier alpha value is -3.01. The number of hydrogen-bond acceptors (Lipinski definition) is 9. The summed E-state index contributed by atoms with van der Waals surface area (Å²) < 4.78 is 23.4. The van der Waals surface area contributed by atoms with Gasteiger partial charge in [-0.3, -0.25) is 14.4 Å². The van der Waals surface area contributed by atoms with E-state index in [1.165, 1.54) is 29.1 Å². The van der Waals surface area contributed by atoms with Crippen LogP contribution >= 0.6 is 0 Å². The standard InChI is InChI=1S/C20H25NO9/c1-4-14(22)27-11-13-17(29-15(23)5-2)18(30-16(24)6-3)19(28-13)21-9-7-8-12(10-21)20(25)26/h7-10,13,17-19H,4-6,11H2,1-3H3/t13-,17-,18-,19-/m1/s1. The zero-order chi connectivity index (χ0) is 22.3. The largest absolute Gasteiger partial charge is 0.545 e. The highest BCUT2D eigenvalue weighted by molar-refractivity contribution is 5.84. The smallest absolute Gasteiger partial charge is 0.306 e. The molecular weight excluding hydrogens is 398 g/mol. The second-order valence-corrected chi connectivity index (χ2v) is 6.55. The summed E-state index contributed by atoms with van der Waals surface area (Å²) in [6.07, 6.45) is -1.01. The lowest BCUT2D eigenvalue weighted by Crippen LogP contribution is -2.49. The van der Waals surface area contributed by atoms with Crippen molar-refractivity contribution in [2.45, 2.75) is 64.6 Å². The molecule has 10 nitrogen and oxygen atoms in total. The first-order valence-electron chi connectivity index (χ1n) is 9.72. The minimum absolute atomic E-state index is 0.0664. The lowest BCUT2D eigenvalue weighted by atomic mass is 10.1. The molecule has 1 aliphatic rings. The van der Waals surface area contributed by atoms with E-state index in [4.69, 9.17) is 18.9 Å². The van der Waals surface area contributed by atoms with Gasteiger partial charge in [0.15, 0.2) is 18.5 Å². The van der Waals surface area contributed by atoms with Crippen LogP contribution in [0.1, 0.15) is 56.6 Å². The van der Waals surface area contributed by atoms with Gasteiger partial charge >= 0.3 is 24.1 Å². The van der Waals surface area contributed by atoms with E-state index in [1.807, 2.05) is 0 Å². The molecule has 0 saturated carbocycles. The van der Waals surface area contributed by atoms with E-state index in [9.17, 15) is 24.3 Å². The SMILES string of the molecule is CCC(=O)OC[C@H]1O[C@@H]([n+]2cccc(C(=O)[O-])c2)[C@H](OC(=O)CC)[C@@H]1OC(=O)CC. The summed E-state index contributed by atoms with van der Waals surface area (Å²) in [5, 5.41) is 11.2. The molecule has 0 bridgehead atoms. The van der Waals surface area contributed by atoms with Crippen molar-refractivity contribution in [1.29, 1.82) is 0 Å². The third-order valence-electron chi connectivity index (χ3n) is 4.45. The Morgan fingerprint density at radius 1 is 1.00 bits per heavy atom. The molecule has 164 valence electrons. The summed E-state index contributed by atoms with van der Waals surface area (Å²) in [4.78, 5) is 46.8. The van der Waals surface area contributed by atoms with Gasteiger partial charge in [0.05, 0.1) is 11.5 Å². The van der Waals surface area contributed by atoms with Crippen molar-refractivity contribution in [3.8, 4) is 0 Å². The van der Waals surface area contributed by atoms with Crippen molar-refractivity contribution < 1.29 is 47.8 Å². The minimum atomic E-state index is -1.40. The highest BCUT2D eigenvalue weighted by Crippen LogP contribution is 2.31. The summed E-state index contributed by atoms with van der Waals surface area (Å²) in [5.41, 5.74) is -0.121. The number of aromatic carboxylic acids is 1. The van der Waals surface area contributed by atoms with Crippen molar-refractivity contribution in [3.05, 3.63) is 30.1 Å². The fourth-order valence-corrected chi connectivity index (χ4v) is 2.87. The summed E-state index contributed by atoms with van der Waals surface area (Å²) in [7, 11) is 0. The number of carbonyl (C=O) groups excluding carboxylic acids is 4. The molecule has 0 N–H and O–H groups in total. The molecule has 30 heavy (non-hydrogen) atoms. The Balaban J connectivity index is 2.40. The molecule has 0 aliphatic carbocycles. The van der Waals surface area contributed by atoms with Gasteiger partial charge < -0.3 is 28.8 Å². The molecule has 0 aromatic carbocycles. The average Bonchev–Trinajstić information content (AvgIpc) is 3.08. The van der Waals surface area contributed by atoms with Crippen molar-refractivity contribution in [3.63, 3.8) is 0 Å². The van der Waals surface area contributed by atoms with Crippen LogP contribution in [0.2, 0.25) is 0 Å². The summed E-state index contributed by atoms with van der Waals surface area (Å²) in [6.45, 7) is 4.60. The highest BCUT2D eigenvalue weighted by Gasteiger charge is 2.54. The molecule has 4 atom stereocenters. The van der Waals surface area contributed by atoms with Crippen LogP contribution in [0.4, 0.5) is 0 Å². The van der Waals surface area contributed by atoms with E-state index in [0.717, 1.165) is 0 Å². The second kappa shape index (κ2) is 10.7. The Labute approximate surface area is 173 Å². The number of rotatable bonds is 9. The number of carboxylic acids is 1. The maximum atomic E-state index is 12.0. The molecule has 1 aromatic heterocycles. The van der Waals surface area contributed by atoms with Crippen molar-refractivity contribution in [1.82, 2.24) is 0 Å². The number of carboxylic acid groups (broad SMARTS) is 1. The van der Waals surface area contributed by atoms with Crippen molar-refractivity contribution in [2.24, 2.45) is 0 Å². The molecule has 2 rings (SSSR count). The maximum Gasteiger partial charge on any atom is 0.306 e. The summed E-state index contributed by atoms with van der Waals surface area (Å²) >= 11 is 0. The van der Waals surface area contributed by atoms with E-state index in [2.05, 4.69) is 0 Å². The molecule has 10 heteroatoms. The number of pyridine rings is 1. The van der Waals surface area contributed by atoms with Gasteiger partial charge in [0, 0.05) is 25.3 Å². The predicted octanol–water partition coefficient (Wildman–Crippen LogP) is -0.168. The number of esters is 3. The molecule has 1 aromatic rings. The van der Waals surface area contributed by atoms with E-state index in [1.54, 1.807) is 20.8 Å². The fourth-order valence-electron chi connectivity index (χ4n) is 2.87. The van der Waals surface area contributed by atoms with Gasteiger partial charge in [0.1, 0.15) is 12.7 Å². The predicted molar refractivity (Wildman–Crippen MR) is 96.5 cm³/mol. The number of nitrogens with zero attached hydrogens (tertiary/aromatic N) is 1. The third-order valence-corrected chi connectivity index (χ3v) is 4.45. The molecule has 1 aliphatic heterocycles. The normalized spacial score (nSPS) is 22.9. The fraction of sp³-hybridized carbons (Fsp3) is 0.550. The molecule has 0 radical (unpaired) electrons. The van der Waals surface area contributed by atoms with Gasteiger partial charge in [-0.15, -0.1) is 0 Å². The van der Waals surface area contributed by atoms with E-state index >= 15 is 0 Å².